The zero-order valence-corrected chi connectivity index (χ0v) is 18.6. The van der Waals surface area contributed by atoms with E-state index < -0.39 is 0 Å². The van der Waals surface area contributed by atoms with Crippen LogP contribution in [-0.4, -0.2) is 16.3 Å². The number of allylic oxidation sites excluding steroid dienone is 12. The van der Waals surface area contributed by atoms with Gasteiger partial charge in [-0.1, -0.05) is 35.5 Å². The van der Waals surface area contributed by atoms with E-state index in [1.807, 2.05) is 52.0 Å². The van der Waals surface area contributed by atoms with Crippen molar-refractivity contribution in [3.63, 3.8) is 0 Å². The Labute approximate surface area is 169 Å². The van der Waals surface area contributed by atoms with Crippen LogP contribution in [0.15, 0.2) is 70.1 Å². The predicted octanol–water partition coefficient (Wildman–Crippen LogP) is 6.32. The normalized spacial score (nSPS) is 15.0. The summed E-state index contributed by atoms with van der Waals surface area (Å²) in [6, 6.07) is 0. The molecular formula is C24H34NO3+. The van der Waals surface area contributed by atoms with Gasteiger partial charge < -0.3 is 0 Å². The minimum atomic E-state index is 0.125. The molecule has 0 N–H and O–H groups in total. The standard InChI is InChI=1S/C24H34NO3/c1-17(19(3)11-15-23(7)26)9-13-21(5)25(28)22(6)14-10-18(2)20(4)12-16-24(8)27/h9-14H,15-16H2,1-8H3/q+1/b17-9+,18-10+,19-11+,20-12+,21-13+,22-14+. The lowest BCUT2D eigenvalue weighted by Gasteiger charge is -2.00. The van der Waals surface area contributed by atoms with E-state index in [2.05, 4.69) is 0 Å². The van der Waals surface area contributed by atoms with Gasteiger partial charge >= 0.3 is 0 Å². The van der Waals surface area contributed by atoms with Crippen LogP contribution in [0, 0.1) is 4.91 Å². The molecule has 0 aliphatic rings. The molecule has 0 saturated carbocycles. The van der Waals surface area contributed by atoms with Crippen LogP contribution in [0.5, 0.6) is 0 Å². The van der Waals surface area contributed by atoms with Gasteiger partial charge in [-0.2, -0.15) is 0 Å². The number of rotatable bonds is 10. The van der Waals surface area contributed by atoms with Crippen molar-refractivity contribution in [1.82, 2.24) is 0 Å². The van der Waals surface area contributed by atoms with Crippen molar-refractivity contribution in [3.05, 3.63) is 75.0 Å². The molecule has 0 saturated heterocycles. The quantitative estimate of drug-likeness (QED) is 0.327. The van der Waals surface area contributed by atoms with Crippen molar-refractivity contribution >= 4 is 11.6 Å². The molecule has 0 aromatic carbocycles. The first-order valence-electron chi connectivity index (χ1n) is 9.46. The Morgan fingerprint density at radius 2 is 0.893 bits per heavy atom. The molecule has 0 aromatic heterocycles. The van der Waals surface area contributed by atoms with Crippen LogP contribution >= 0.6 is 0 Å². The number of Topliss-reactive ketones (excluding diaryl/α,β-unsaturated/α-hetero) is 2. The Kier molecular flexibility index (Phi) is 11.5. The van der Waals surface area contributed by atoms with Crippen LogP contribution < -0.4 is 0 Å². The van der Waals surface area contributed by atoms with Crippen molar-refractivity contribution in [3.8, 4) is 0 Å². The summed E-state index contributed by atoms with van der Waals surface area (Å²) in [5.41, 5.74) is 5.21. The van der Waals surface area contributed by atoms with Crippen molar-refractivity contribution in [1.29, 1.82) is 0 Å². The Bertz CT molecular complexity index is 734. The molecule has 0 radical (unpaired) electrons. The summed E-state index contributed by atoms with van der Waals surface area (Å²) < 4.78 is 0.886. The zero-order chi connectivity index (χ0) is 21.9. The Morgan fingerprint density at radius 3 is 1.18 bits per heavy atom. The summed E-state index contributed by atoms with van der Waals surface area (Å²) >= 11 is 0. The highest BCUT2D eigenvalue weighted by Gasteiger charge is 2.14. The highest BCUT2D eigenvalue weighted by Crippen LogP contribution is 2.13. The van der Waals surface area contributed by atoms with Crippen LogP contribution in [0.25, 0.3) is 0 Å². The van der Waals surface area contributed by atoms with Crippen LogP contribution in [-0.2, 0) is 9.59 Å². The fourth-order valence-corrected chi connectivity index (χ4v) is 2.08. The highest BCUT2D eigenvalue weighted by atomic mass is 16.3. The van der Waals surface area contributed by atoms with E-state index in [-0.39, 0.29) is 11.6 Å². The molecule has 0 unspecified atom stereocenters. The van der Waals surface area contributed by atoms with E-state index in [9.17, 15) is 14.5 Å². The van der Waals surface area contributed by atoms with Crippen LogP contribution in [0.4, 0.5) is 0 Å². The van der Waals surface area contributed by atoms with Gasteiger partial charge in [0.1, 0.15) is 11.6 Å². The molecule has 0 amide bonds. The smallest absolute Gasteiger partial charge is 0.236 e. The van der Waals surface area contributed by atoms with Gasteiger partial charge in [-0.05, 0) is 52.7 Å². The van der Waals surface area contributed by atoms with Gasteiger partial charge in [-0.3, -0.25) is 9.59 Å². The lowest BCUT2D eigenvalue weighted by atomic mass is 10.1. The minimum Gasteiger partial charge on any atom is -0.300 e. The van der Waals surface area contributed by atoms with Crippen LogP contribution in [0.3, 0.4) is 0 Å². The van der Waals surface area contributed by atoms with Crippen molar-refractivity contribution in [2.75, 3.05) is 0 Å². The summed E-state index contributed by atoms with van der Waals surface area (Å²) in [4.78, 5) is 34.6. The number of nitrogens with zero attached hydrogens (tertiary/aromatic N) is 1. The zero-order valence-electron chi connectivity index (χ0n) is 18.6. The monoisotopic (exact) mass is 384 g/mol. The molecule has 4 heteroatoms. The van der Waals surface area contributed by atoms with E-state index in [4.69, 9.17) is 0 Å². The van der Waals surface area contributed by atoms with Crippen molar-refractivity contribution in [2.45, 2.75) is 68.2 Å². The average molecular weight is 385 g/mol. The summed E-state index contributed by atoms with van der Waals surface area (Å²) in [6.07, 6.45) is 11.9. The maximum atomic E-state index is 12.4. The Morgan fingerprint density at radius 1 is 0.571 bits per heavy atom. The minimum absolute atomic E-state index is 0.125. The number of carbonyl (C=O) groups excluding carboxylic acids is 2. The maximum absolute atomic E-state index is 12.4. The molecule has 0 spiro atoms. The van der Waals surface area contributed by atoms with E-state index in [0.717, 1.165) is 27.1 Å². The molecule has 0 atom stereocenters. The van der Waals surface area contributed by atoms with Gasteiger partial charge in [-0.25, -0.2) is 0 Å². The lowest BCUT2D eigenvalue weighted by Crippen LogP contribution is -2.02. The molecule has 0 fully saturated rings. The third-order valence-corrected chi connectivity index (χ3v) is 4.43. The van der Waals surface area contributed by atoms with E-state index in [1.165, 1.54) is 0 Å². The second-order valence-corrected chi connectivity index (χ2v) is 7.20. The Hall–Kier alpha value is -2.62. The van der Waals surface area contributed by atoms with Gasteiger partial charge in [-0.15, -0.1) is 0 Å². The van der Waals surface area contributed by atoms with Gasteiger partial charge in [0.2, 0.25) is 11.4 Å². The number of hydrogen-bond acceptors (Lipinski definition) is 3. The summed E-state index contributed by atoms with van der Waals surface area (Å²) in [7, 11) is 0. The van der Waals surface area contributed by atoms with Crippen LogP contribution in [0.2, 0.25) is 0 Å². The van der Waals surface area contributed by atoms with E-state index >= 15 is 0 Å². The second kappa shape index (κ2) is 12.7. The summed E-state index contributed by atoms with van der Waals surface area (Å²) in [5.74, 6) is 0.250. The lowest BCUT2D eigenvalue weighted by molar-refractivity contribution is -0.444. The molecule has 152 valence electrons. The fourth-order valence-electron chi connectivity index (χ4n) is 2.08. The number of ketones is 2. The third kappa shape index (κ3) is 10.5. The summed E-state index contributed by atoms with van der Waals surface area (Å²) in [6.45, 7) is 14.5. The highest BCUT2D eigenvalue weighted by molar-refractivity contribution is 5.77. The molecule has 4 nitrogen and oxygen atoms in total. The summed E-state index contributed by atoms with van der Waals surface area (Å²) in [5, 5.41) is 0. The first-order valence-corrected chi connectivity index (χ1v) is 9.46. The Balaban J connectivity index is 5.24. The fraction of sp³-hybridized carbons (Fsp3) is 0.417. The number of carbonyl (C=O) groups is 2. The SMILES string of the molecule is CC(=O)C/C=C(C)/C(C)=C/C=C(\C)[N+](=O)/C(C)=C/C=C(C)/C(C)=C/CC(C)=O. The predicted molar refractivity (Wildman–Crippen MR) is 117 cm³/mol. The van der Waals surface area contributed by atoms with Gasteiger partial charge in [0, 0.05) is 43.7 Å². The molecule has 0 heterocycles. The number of nitroso groups, excluding NO2 is 1. The molecule has 0 aliphatic carbocycles. The molecule has 0 bridgehead atoms. The van der Waals surface area contributed by atoms with Crippen molar-refractivity contribution in [2.24, 2.45) is 0 Å². The maximum Gasteiger partial charge on any atom is 0.236 e. The van der Waals surface area contributed by atoms with Gasteiger partial charge in [0.25, 0.3) is 0 Å². The third-order valence-electron chi connectivity index (χ3n) is 4.43. The largest absolute Gasteiger partial charge is 0.300 e. The van der Waals surface area contributed by atoms with E-state index in [1.54, 1.807) is 39.8 Å². The molecule has 0 rings (SSSR count). The van der Waals surface area contributed by atoms with Crippen LogP contribution in [0.1, 0.15) is 68.2 Å². The van der Waals surface area contributed by atoms with Gasteiger partial charge in [0.15, 0.2) is 0 Å². The van der Waals surface area contributed by atoms with E-state index in [0.29, 0.717) is 24.2 Å². The first-order chi connectivity index (χ1) is 13.0. The molecule has 28 heavy (non-hydrogen) atoms. The second-order valence-electron chi connectivity index (χ2n) is 7.20. The number of hydrogen-bond donors (Lipinski definition) is 0. The topological polar surface area (TPSA) is 54.2 Å². The van der Waals surface area contributed by atoms with Gasteiger partial charge in [0.05, 0.1) is 4.76 Å². The van der Waals surface area contributed by atoms with Crippen molar-refractivity contribution < 1.29 is 14.3 Å². The molecular weight excluding hydrogens is 350 g/mol. The molecule has 0 aromatic rings. The molecule has 0 aliphatic heterocycles. The average Bonchev–Trinajstić information content (AvgIpc) is 2.64. The first kappa shape index (κ1) is 25.4.